The molecule has 0 fully saturated rings. The summed E-state index contributed by atoms with van der Waals surface area (Å²) in [5.74, 6) is -0.316. The van der Waals surface area contributed by atoms with Crippen LogP contribution < -0.4 is 5.73 Å². The summed E-state index contributed by atoms with van der Waals surface area (Å²) in [5, 5.41) is 18.7. The van der Waals surface area contributed by atoms with E-state index in [9.17, 15) is 10.2 Å². The zero-order valence-corrected chi connectivity index (χ0v) is 8.17. The fourth-order valence-electron chi connectivity index (χ4n) is 0.938. The minimum absolute atomic E-state index is 0.153. The second kappa shape index (κ2) is 3.33. The van der Waals surface area contributed by atoms with Crippen LogP contribution in [0.15, 0.2) is 16.6 Å². The maximum absolute atomic E-state index is 9.39. The molecule has 12 heavy (non-hydrogen) atoms. The number of benzene rings is 1. The lowest BCUT2D eigenvalue weighted by molar-refractivity contribution is 0.395. The Labute approximate surface area is 79.0 Å². The van der Waals surface area contributed by atoms with Gasteiger partial charge in [0.25, 0.3) is 0 Å². The third kappa shape index (κ3) is 1.54. The highest BCUT2D eigenvalue weighted by molar-refractivity contribution is 9.10. The smallest absolute Gasteiger partial charge is 0.172 e. The molecule has 0 aliphatic heterocycles. The average Bonchev–Trinajstić information content (AvgIpc) is 2.00. The molecule has 0 radical (unpaired) electrons. The second-order valence-electron chi connectivity index (χ2n) is 2.62. The molecular formula is C8H10BrNO2. The van der Waals surface area contributed by atoms with Crippen molar-refractivity contribution in [2.24, 2.45) is 5.73 Å². The lowest BCUT2D eigenvalue weighted by Crippen LogP contribution is -2.04. The van der Waals surface area contributed by atoms with Gasteiger partial charge in [-0.25, -0.2) is 0 Å². The van der Waals surface area contributed by atoms with Crippen molar-refractivity contribution in [1.29, 1.82) is 0 Å². The minimum Gasteiger partial charge on any atom is -0.504 e. The first-order chi connectivity index (χ1) is 5.54. The summed E-state index contributed by atoms with van der Waals surface area (Å²) in [5.41, 5.74) is 6.08. The number of halogens is 1. The zero-order valence-electron chi connectivity index (χ0n) is 6.58. The molecule has 0 heterocycles. The van der Waals surface area contributed by atoms with Crippen molar-refractivity contribution in [3.8, 4) is 11.5 Å². The fourth-order valence-corrected chi connectivity index (χ4v) is 1.26. The van der Waals surface area contributed by atoms with Gasteiger partial charge in [0.15, 0.2) is 11.5 Å². The molecule has 66 valence electrons. The molecule has 0 aliphatic carbocycles. The molecule has 4 N–H and O–H groups in total. The molecule has 0 saturated heterocycles. The molecule has 1 rings (SSSR count). The summed E-state index contributed by atoms with van der Waals surface area (Å²) in [4.78, 5) is 0. The summed E-state index contributed by atoms with van der Waals surface area (Å²) in [6, 6.07) is 3.03. The van der Waals surface area contributed by atoms with Gasteiger partial charge in [0.2, 0.25) is 0 Å². The standard InChI is InChI=1S/C8H10BrNO2/c1-4(10)5-2-3-6(9)8(12)7(5)11/h2-4,11-12H,10H2,1H3. The number of hydrogen-bond donors (Lipinski definition) is 3. The van der Waals surface area contributed by atoms with Gasteiger partial charge in [0, 0.05) is 11.6 Å². The molecule has 0 bridgehead atoms. The van der Waals surface area contributed by atoms with Gasteiger partial charge < -0.3 is 15.9 Å². The van der Waals surface area contributed by atoms with Gasteiger partial charge in [-0.15, -0.1) is 0 Å². The second-order valence-corrected chi connectivity index (χ2v) is 3.48. The predicted octanol–water partition coefficient (Wildman–Crippen LogP) is 1.88. The number of hydrogen-bond acceptors (Lipinski definition) is 3. The van der Waals surface area contributed by atoms with Crippen molar-refractivity contribution < 1.29 is 10.2 Å². The Morgan fingerprint density at radius 3 is 2.42 bits per heavy atom. The Morgan fingerprint density at radius 2 is 1.92 bits per heavy atom. The fraction of sp³-hybridized carbons (Fsp3) is 0.250. The van der Waals surface area contributed by atoms with Crippen LogP contribution in [0.1, 0.15) is 18.5 Å². The van der Waals surface area contributed by atoms with Gasteiger partial charge in [0.05, 0.1) is 4.47 Å². The molecule has 3 nitrogen and oxygen atoms in total. The molecule has 4 heteroatoms. The van der Waals surface area contributed by atoms with Crippen LogP contribution in [0.4, 0.5) is 0 Å². The van der Waals surface area contributed by atoms with Gasteiger partial charge in [-0.05, 0) is 28.9 Å². The van der Waals surface area contributed by atoms with Gasteiger partial charge in [-0.3, -0.25) is 0 Å². The van der Waals surface area contributed by atoms with Crippen LogP contribution in [0, 0.1) is 0 Å². The molecule has 0 spiro atoms. The molecule has 1 unspecified atom stereocenters. The average molecular weight is 232 g/mol. The van der Waals surface area contributed by atoms with Gasteiger partial charge >= 0.3 is 0 Å². The summed E-state index contributed by atoms with van der Waals surface area (Å²) in [7, 11) is 0. The highest BCUT2D eigenvalue weighted by Crippen LogP contribution is 2.37. The maximum Gasteiger partial charge on any atom is 0.172 e. The van der Waals surface area contributed by atoms with Crippen molar-refractivity contribution in [3.05, 3.63) is 22.2 Å². The van der Waals surface area contributed by atoms with E-state index in [2.05, 4.69) is 15.9 Å². The first kappa shape index (κ1) is 9.35. The van der Waals surface area contributed by atoms with E-state index < -0.39 is 0 Å². The highest BCUT2D eigenvalue weighted by atomic mass is 79.9. The van der Waals surface area contributed by atoms with Gasteiger partial charge in [-0.1, -0.05) is 6.07 Å². The predicted molar refractivity (Wildman–Crippen MR) is 50.1 cm³/mol. The van der Waals surface area contributed by atoms with Crippen LogP contribution in [0.3, 0.4) is 0 Å². The third-order valence-corrected chi connectivity index (χ3v) is 2.26. The maximum atomic E-state index is 9.39. The zero-order chi connectivity index (χ0) is 9.30. The van der Waals surface area contributed by atoms with Crippen LogP contribution in [-0.2, 0) is 0 Å². The molecule has 0 amide bonds. The normalized spacial score (nSPS) is 12.9. The van der Waals surface area contributed by atoms with E-state index in [0.717, 1.165) is 0 Å². The van der Waals surface area contributed by atoms with E-state index in [1.165, 1.54) is 0 Å². The molecule has 1 atom stereocenters. The summed E-state index contributed by atoms with van der Waals surface area (Å²) in [6.45, 7) is 1.74. The lowest BCUT2D eigenvalue weighted by Gasteiger charge is -2.09. The summed E-state index contributed by atoms with van der Waals surface area (Å²) < 4.78 is 0.462. The minimum atomic E-state index is -0.288. The summed E-state index contributed by atoms with van der Waals surface area (Å²) in [6.07, 6.45) is 0. The lowest BCUT2D eigenvalue weighted by atomic mass is 10.1. The first-order valence-electron chi connectivity index (χ1n) is 3.50. The number of nitrogens with two attached hydrogens (primary N) is 1. The number of aromatic hydroxyl groups is 2. The van der Waals surface area contributed by atoms with Crippen molar-refractivity contribution in [3.63, 3.8) is 0 Å². The third-order valence-electron chi connectivity index (χ3n) is 1.62. The highest BCUT2D eigenvalue weighted by Gasteiger charge is 2.12. The molecule has 0 aliphatic rings. The van der Waals surface area contributed by atoms with E-state index >= 15 is 0 Å². The SMILES string of the molecule is CC(N)c1ccc(Br)c(O)c1O. The monoisotopic (exact) mass is 231 g/mol. The van der Waals surface area contributed by atoms with E-state index in [1.54, 1.807) is 19.1 Å². The van der Waals surface area contributed by atoms with E-state index in [4.69, 9.17) is 5.73 Å². The molecule has 0 aromatic heterocycles. The van der Waals surface area contributed by atoms with Crippen molar-refractivity contribution in [1.82, 2.24) is 0 Å². The molecule has 1 aromatic rings. The van der Waals surface area contributed by atoms with Crippen molar-refractivity contribution >= 4 is 15.9 Å². The Balaban J connectivity index is 3.27. The number of phenolic OH excluding ortho intramolecular Hbond substituents is 2. The Hall–Kier alpha value is -0.740. The Kier molecular flexibility index (Phi) is 2.59. The van der Waals surface area contributed by atoms with E-state index in [-0.39, 0.29) is 17.5 Å². The van der Waals surface area contributed by atoms with Gasteiger partial charge in [-0.2, -0.15) is 0 Å². The quantitative estimate of drug-likeness (QED) is 0.647. The van der Waals surface area contributed by atoms with Gasteiger partial charge in [0.1, 0.15) is 0 Å². The summed E-state index contributed by atoms with van der Waals surface area (Å²) >= 11 is 3.08. The Bertz CT molecular complexity index is 299. The van der Waals surface area contributed by atoms with Crippen LogP contribution in [0.25, 0.3) is 0 Å². The molecular weight excluding hydrogens is 222 g/mol. The van der Waals surface area contributed by atoms with Crippen LogP contribution in [-0.4, -0.2) is 10.2 Å². The largest absolute Gasteiger partial charge is 0.504 e. The topological polar surface area (TPSA) is 66.5 Å². The van der Waals surface area contributed by atoms with Crippen LogP contribution in [0.5, 0.6) is 11.5 Å². The molecule has 1 aromatic carbocycles. The van der Waals surface area contributed by atoms with Crippen LogP contribution >= 0.6 is 15.9 Å². The van der Waals surface area contributed by atoms with E-state index in [0.29, 0.717) is 10.0 Å². The Morgan fingerprint density at radius 1 is 1.33 bits per heavy atom. The molecule has 0 saturated carbocycles. The number of rotatable bonds is 1. The van der Waals surface area contributed by atoms with Crippen molar-refractivity contribution in [2.75, 3.05) is 0 Å². The van der Waals surface area contributed by atoms with E-state index in [1.807, 2.05) is 0 Å². The van der Waals surface area contributed by atoms with Crippen LogP contribution in [0.2, 0.25) is 0 Å². The first-order valence-corrected chi connectivity index (χ1v) is 4.29. The number of phenols is 2. The van der Waals surface area contributed by atoms with Crippen molar-refractivity contribution in [2.45, 2.75) is 13.0 Å².